The van der Waals surface area contributed by atoms with Gasteiger partial charge in [0.2, 0.25) is 0 Å². The summed E-state index contributed by atoms with van der Waals surface area (Å²) in [4.78, 5) is 12.0. The van der Waals surface area contributed by atoms with Gasteiger partial charge in [-0.25, -0.2) is 0 Å². The van der Waals surface area contributed by atoms with E-state index >= 15 is 0 Å². The average Bonchev–Trinajstić information content (AvgIpc) is 2.78. The van der Waals surface area contributed by atoms with Gasteiger partial charge in [-0.3, -0.25) is 10.1 Å². The van der Waals surface area contributed by atoms with Gasteiger partial charge in [-0.2, -0.15) is 0 Å². The van der Waals surface area contributed by atoms with Crippen LogP contribution in [0.5, 0.6) is 0 Å². The molecule has 0 bridgehead atoms. The number of ether oxygens (including phenoxy) is 1. The fraction of sp³-hybridized carbons (Fsp3) is 0.240. The summed E-state index contributed by atoms with van der Waals surface area (Å²) in [6.07, 6.45) is 1.13. The molecule has 3 aromatic carbocycles. The third kappa shape index (κ3) is 4.15. The van der Waals surface area contributed by atoms with E-state index in [0.717, 1.165) is 23.1 Å². The number of carbonyl (C=O) groups excluding carboxylic acids is 1. The molecule has 0 saturated heterocycles. The van der Waals surface area contributed by atoms with Crippen molar-refractivity contribution in [2.24, 2.45) is 0 Å². The Morgan fingerprint density at radius 2 is 1.21 bits per heavy atom. The molecule has 0 saturated carbocycles. The normalized spacial score (nSPS) is 12.4. The molecule has 0 aromatic heterocycles. The summed E-state index contributed by atoms with van der Waals surface area (Å²) in [5, 5.41) is 3.83. The van der Waals surface area contributed by atoms with Crippen molar-refractivity contribution < 1.29 is 9.53 Å². The molecule has 28 heavy (non-hydrogen) atoms. The molecule has 1 N–H and O–H groups in total. The molecule has 0 radical (unpaired) electrons. The van der Waals surface area contributed by atoms with Gasteiger partial charge >= 0.3 is 5.97 Å². The zero-order valence-corrected chi connectivity index (χ0v) is 16.5. The van der Waals surface area contributed by atoms with Crippen LogP contribution in [0.2, 0.25) is 0 Å². The number of carbonyl (C=O) groups is 1. The molecule has 3 aromatic rings. The molecule has 0 spiro atoms. The van der Waals surface area contributed by atoms with Gasteiger partial charge in [-0.05, 0) is 23.1 Å². The molecular formula is C25H27NO2. The van der Waals surface area contributed by atoms with E-state index in [0.29, 0.717) is 6.42 Å². The summed E-state index contributed by atoms with van der Waals surface area (Å²) >= 11 is 0. The molecule has 0 amide bonds. The number of nitrogens with one attached hydrogen (secondary N) is 1. The second-order valence-corrected chi connectivity index (χ2v) is 6.88. The zero-order chi connectivity index (χ0) is 19.8. The van der Waals surface area contributed by atoms with Crippen molar-refractivity contribution in [1.29, 1.82) is 0 Å². The lowest BCUT2D eigenvalue weighted by Crippen LogP contribution is -2.50. The van der Waals surface area contributed by atoms with Crippen molar-refractivity contribution in [3.05, 3.63) is 108 Å². The van der Waals surface area contributed by atoms with Gasteiger partial charge in [-0.1, -0.05) is 97.9 Å². The lowest BCUT2D eigenvalue weighted by atomic mass is 9.76. The van der Waals surface area contributed by atoms with E-state index < -0.39 is 5.54 Å². The van der Waals surface area contributed by atoms with E-state index in [-0.39, 0.29) is 12.0 Å². The van der Waals surface area contributed by atoms with Crippen molar-refractivity contribution in [2.45, 2.75) is 31.3 Å². The van der Waals surface area contributed by atoms with E-state index in [1.54, 1.807) is 0 Å². The molecule has 0 aliphatic rings. The van der Waals surface area contributed by atoms with Crippen molar-refractivity contribution in [3.8, 4) is 0 Å². The van der Waals surface area contributed by atoms with Crippen LogP contribution in [-0.2, 0) is 15.1 Å². The third-order valence-corrected chi connectivity index (χ3v) is 5.17. The van der Waals surface area contributed by atoms with Crippen LogP contribution in [0, 0.1) is 0 Å². The minimum atomic E-state index is -0.571. The Balaban J connectivity index is 2.20. The molecule has 1 atom stereocenters. The molecule has 3 heteroatoms. The summed E-state index contributed by atoms with van der Waals surface area (Å²) < 4.78 is 4.94. The predicted molar refractivity (Wildman–Crippen MR) is 113 cm³/mol. The quantitative estimate of drug-likeness (QED) is 0.450. The van der Waals surface area contributed by atoms with Gasteiger partial charge in [0, 0.05) is 6.04 Å². The maximum Gasteiger partial charge on any atom is 0.307 e. The Kier molecular flexibility index (Phi) is 6.62. The summed E-state index contributed by atoms with van der Waals surface area (Å²) in [7, 11) is 1.44. The lowest BCUT2D eigenvalue weighted by Gasteiger charge is -2.40. The number of esters is 1. The Bertz CT molecular complexity index is 766. The van der Waals surface area contributed by atoms with Crippen LogP contribution in [0.4, 0.5) is 0 Å². The zero-order valence-electron chi connectivity index (χ0n) is 16.5. The predicted octanol–water partition coefficient (Wildman–Crippen LogP) is 4.91. The van der Waals surface area contributed by atoms with E-state index in [9.17, 15) is 4.79 Å². The van der Waals surface area contributed by atoms with Crippen molar-refractivity contribution in [3.63, 3.8) is 0 Å². The molecule has 3 nitrogen and oxygen atoms in total. The number of methoxy groups -OCH3 is 1. The Morgan fingerprint density at radius 3 is 1.54 bits per heavy atom. The first-order valence-electron chi connectivity index (χ1n) is 9.71. The summed E-state index contributed by atoms with van der Waals surface area (Å²) in [5.41, 5.74) is 2.83. The van der Waals surface area contributed by atoms with Gasteiger partial charge in [0.15, 0.2) is 0 Å². The van der Waals surface area contributed by atoms with Crippen LogP contribution >= 0.6 is 0 Å². The SMILES string of the molecule is CC[C@H](CC(=O)OC)NC(c1ccccc1)(c1ccccc1)c1ccccc1. The summed E-state index contributed by atoms with van der Waals surface area (Å²) in [5.74, 6) is -0.206. The van der Waals surface area contributed by atoms with E-state index in [1.807, 2.05) is 18.2 Å². The Hall–Kier alpha value is -2.91. The second-order valence-electron chi connectivity index (χ2n) is 6.88. The Labute approximate surface area is 167 Å². The maximum absolute atomic E-state index is 12.0. The third-order valence-electron chi connectivity index (χ3n) is 5.17. The number of hydrogen-bond acceptors (Lipinski definition) is 3. The molecule has 3 rings (SSSR count). The second kappa shape index (κ2) is 9.34. The van der Waals surface area contributed by atoms with Gasteiger partial charge in [0.05, 0.1) is 19.1 Å². The highest BCUT2D eigenvalue weighted by molar-refractivity contribution is 5.70. The van der Waals surface area contributed by atoms with Gasteiger partial charge in [-0.15, -0.1) is 0 Å². The fourth-order valence-electron chi connectivity index (χ4n) is 3.70. The fourth-order valence-corrected chi connectivity index (χ4v) is 3.70. The number of benzene rings is 3. The van der Waals surface area contributed by atoms with Crippen LogP contribution in [0.3, 0.4) is 0 Å². The number of rotatable bonds is 8. The highest BCUT2D eigenvalue weighted by Gasteiger charge is 2.38. The smallest absolute Gasteiger partial charge is 0.307 e. The van der Waals surface area contributed by atoms with Crippen molar-refractivity contribution >= 4 is 5.97 Å². The van der Waals surface area contributed by atoms with Crippen LogP contribution < -0.4 is 5.32 Å². The molecule has 144 valence electrons. The molecule has 0 fully saturated rings. The van der Waals surface area contributed by atoms with E-state index in [4.69, 9.17) is 4.74 Å². The minimum Gasteiger partial charge on any atom is -0.469 e. The largest absolute Gasteiger partial charge is 0.469 e. The van der Waals surface area contributed by atoms with Gasteiger partial charge in [0.25, 0.3) is 0 Å². The molecular weight excluding hydrogens is 346 g/mol. The van der Waals surface area contributed by atoms with E-state index in [2.05, 4.69) is 85.0 Å². The standard InChI is InChI=1S/C25H27NO2/c1-3-23(19-24(27)28-2)26-25(20-13-7-4-8-14-20,21-15-9-5-10-16-21)22-17-11-6-12-18-22/h4-18,23,26H,3,19H2,1-2H3/t23-/m1/s1. The first-order valence-corrected chi connectivity index (χ1v) is 9.71. The first kappa shape index (κ1) is 19.8. The van der Waals surface area contributed by atoms with Crippen LogP contribution in [0.1, 0.15) is 36.5 Å². The summed E-state index contributed by atoms with van der Waals surface area (Å²) in [6, 6.07) is 31.2. The minimum absolute atomic E-state index is 0.0342. The Morgan fingerprint density at radius 1 is 0.821 bits per heavy atom. The molecule has 0 aliphatic heterocycles. The molecule has 0 unspecified atom stereocenters. The van der Waals surface area contributed by atoms with Crippen LogP contribution in [0.15, 0.2) is 91.0 Å². The lowest BCUT2D eigenvalue weighted by molar-refractivity contribution is -0.141. The van der Waals surface area contributed by atoms with Crippen molar-refractivity contribution in [2.75, 3.05) is 7.11 Å². The highest BCUT2D eigenvalue weighted by atomic mass is 16.5. The van der Waals surface area contributed by atoms with Gasteiger partial charge in [0.1, 0.15) is 0 Å². The molecule has 0 heterocycles. The topological polar surface area (TPSA) is 38.3 Å². The average molecular weight is 373 g/mol. The van der Waals surface area contributed by atoms with E-state index in [1.165, 1.54) is 7.11 Å². The molecule has 0 aliphatic carbocycles. The van der Waals surface area contributed by atoms with Crippen LogP contribution in [-0.4, -0.2) is 19.1 Å². The monoisotopic (exact) mass is 373 g/mol. The number of hydrogen-bond donors (Lipinski definition) is 1. The highest BCUT2D eigenvalue weighted by Crippen LogP contribution is 2.37. The first-order chi connectivity index (χ1) is 13.7. The van der Waals surface area contributed by atoms with Crippen LogP contribution in [0.25, 0.3) is 0 Å². The maximum atomic E-state index is 12.0. The van der Waals surface area contributed by atoms with Gasteiger partial charge < -0.3 is 4.74 Å². The van der Waals surface area contributed by atoms with Crippen molar-refractivity contribution in [1.82, 2.24) is 5.32 Å². The summed E-state index contributed by atoms with van der Waals surface area (Å²) in [6.45, 7) is 2.09.